The first-order chi connectivity index (χ1) is 12.0. The molecule has 0 spiro atoms. The van der Waals surface area contributed by atoms with Gasteiger partial charge in [0.1, 0.15) is 0 Å². The van der Waals surface area contributed by atoms with E-state index in [0.717, 1.165) is 23.8 Å². The Bertz CT molecular complexity index is 806. The number of fused-ring (bicyclic) bond motifs is 1. The number of carbonyl (C=O) groups excluding carboxylic acids is 2. The number of halogens is 2. The molecule has 1 atom stereocenters. The first kappa shape index (κ1) is 20.6. The molecule has 1 fully saturated rings. The summed E-state index contributed by atoms with van der Waals surface area (Å²) in [4.78, 5) is 26.8. The summed E-state index contributed by atoms with van der Waals surface area (Å²) in [6, 6.07) is 5.45. The molecule has 1 aliphatic heterocycles. The van der Waals surface area contributed by atoms with Crippen molar-refractivity contribution in [3.8, 4) is 0 Å². The molecule has 1 aromatic heterocycles. The normalized spacial score (nSPS) is 17.0. The summed E-state index contributed by atoms with van der Waals surface area (Å²) in [6.45, 7) is 3.71. The van der Waals surface area contributed by atoms with Crippen LogP contribution in [0.4, 0.5) is 0 Å². The highest BCUT2D eigenvalue weighted by molar-refractivity contribution is 6.35. The Hall–Kier alpha value is -1.76. The number of para-hydroxylation sites is 1. The molecule has 1 aromatic carbocycles. The zero-order valence-electron chi connectivity index (χ0n) is 14.6. The average molecular weight is 400 g/mol. The van der Waals surface area contributed by atoms with Gasteiger partial charge in [-0.15, -0.1) is 12.4 Å². The second kappa shape index (κ2) is 8.75. The van der Waals surface area contributed by atoms with Gasteiger partial charge in [-0.2, -0.15) is 0 Å². The fourth-order valence-corrected chi connectivity index (χ4v) is 3.48. The lowest BCUT2D eigenvalue weighted by Gasteiger charge is -2.31. The number of nitrogens with two attached hydrogens (primary N) is 1. The third-order valence-electron chi connectivity index (χ3n) is 4.63. The molecule has 26 heavy (non-hydrogen) atoms. The largest absolute Gasteiger partial charge is 0.449 e. The molecule has 2 amide bonds. The molecule has 0 radical (unpaired) electrons. The molecule has 0 saturated carbocycles. The smallest absolute Gasteiger partial charge is 0.289 e. The van der Waals surface area contributed by atoms with Gasteiger partial charge in [0.15, 0.2) is 11.3 Å². The van der Waals surface area contributed by atoms with Crippen molar-refractivity contribution in [3.05, 3.63) is 34.5 Å². The van der Waals surface area contributed by atoms with Gasteiger partial charge in [0.05, 0.1) is 10.9 Å². The number of likely N-dealkylation sites (tertiary alicyclic amines) is 1. The zero-order chi connectivity index (χ0) is 18.0. The van der Waals surface area contributed by atoms with Crippen molar-refractivity contribution >= 4 is 46.8 Å². The number of hydrogen-bond donors (Lipinski definition) is 2. The van der Waals surface area contributed by atoms with Crippen molar-refractivity contribution in [2.24, 2.45) is 11.7 Å². The number of nitrogens with one attached hydrogen (secondary N) is 1. The summed E-state index contributed by atoms with van der Waals surface area (Å²) in [5.41, 5.74) is 6.72. The number of aryl methyl sites for hydroxylation is 1. The Balaban J connectivity index is 0.00000243. The molecule has 8 heteroatoms. The van der Waals surface area contributed by atoms with Crippen LogP contribution in [-0.4, -0.2) is 42.9 Å². The van der Waals surface area contributed by atoms with Crippen molar-refractivity contribution in [2.45, 2.75) is 19.8 Å². The minimum atomic E-state index is -0.211. The van der Waals surface area contributed by atoms with Gasteiger partial charge in [0, 0.05) is 37.1 Å². The average Bonchev–Trinajstić information content (AvgIpc) is 2.97. The van der Waals surface area contributed by atoms with Crippen LogP contribution in [-0.2, 0) is 4.79 Å². The zero-order valence-corrected chi connectivity index (χ0v) is 16.2. The van der Waals surface area contributed by atoms with Crippen LogP contribution in [0.25, 0.3) is 11.0 Å². The number of benzene rings is 1. The van der Waals surface area contributed by atoms with Gasteiger partial charge in [-0.25, -0.2) is 0 Å². The number of carbonyl (C=O) groups is 2. The Morgan fingerprint density at radius 1 is 1.42 bits per heavy atom. The van der Waals surface area contributed by atoms with E-state index >= 15 is 0 Å². The summed E-state index contributed by atoms with van der Waals surface area (Å²) in [5.74, 6) is -0.156. The molecule has 1 aliphatic rings. The molecule has 1 unspecified atom stereocenters. The first-order valence-electron chi connectivity index (χ1n) is 8.47. The molecule has 1 saturated heterocycles. The van der Waals surface area contributed by atoms with Gasteiger partial charge < -0.3 is 20.4 Å². The fourth-order valence-electron chi connectivity index (χ4n) is 3.27. The van der Waals surface area contributed by atoms with Crippen LogP contribution in [0, 0.1) is 12.8 Å². The maximum absolute atomic E-state index is 12.9. The van der Waals surface area contributed by atoms with Crippen LogP contribution in [0.2, 0.25) is 5.02 Å². The van der Waals surface area contributed by atoms with Crippen LogP contribution >= 0.6 is 24.0 Å². The maximum atomic E-state index is 12.9. The standard InChI is InChI=1S/C18H22ClN3O3.ClH/c1-11-13-5-2-6-14(19)16(13)25-15(11)18(24)22-9-3-4-12(10-22)17(23)21-8-7-20;/h2,5-6,12H,3-4,7-10,20H2,1H3,(H,21,23);1H. The van der Waals surface area contributed by atoms with E-state index in [1.165, 1.54) is 0 Å². The SMILES string of the molecule is Cc1c(C(=O)N2CCCC(C(=O)NCCN)C2)oc2c(Cl)cccc12.Cl. The third kappa shape index (κ3) is 3.98. The second-order valence-electron chi connectivity index (χ2n) is 6.34. The number of hydrogen-bond acceptors (Lipinski definition) is 4. The van der Waals surface area contributed by atoms with Crippen molar-refractivity contribution in [1.29, 1.82) is 0 Å². The number of furan rings is 1. The molecule has 0 aliphatic carbocycles. The molecule has 142 valence electrons. The van der Waals surface area contributed by atoms with Crippen molar-refractivity contribution in [3.63, 3.8) is 0 Å². The van der Waals surface area contributed by atoms with Gasteiger partial charge >= 0.3 is 0 Å². The van der Waals surface area contributed by atoms with E-state index in [9.17, 15) is 9.59 Å². The van der Waals surface area contributed by atoms with Crippen LogP contribution in [0.3, 0.4) is 0 Å². The monoisotopic (exact) mass is 399 g/mol. The summed E-state index contributed by atoms with van der Waals surface area (Å²) in [5, 5.41) is 4.12. The van der Waals surface area contributed by atoms with Crippen LogP contribution in [0.5, 0.6) is 0 Å². The van der Waals surface area contributed by atoms with Crippen molar-refractivity contribution in [2.75, 3.05) is 26.2 Å². The summed E-state index contributed by atoms with van der Waals surface area (Å²) < 4.78 is 5.77. The molecule has 0 bridgehead atoms. The topological polar surface area (TPSA) is 88.6 Å². The predicted octanol–water partition coefficient (Wildman–Crippen LogP) is 2.74. The van der Waals surface area contributed by atoms with Crippen LogP contribution in [0.1, 0.15) is 29.0 Å². The highest BCUT2D eigenvalue weighted by Crippen LogP contribution is 2.32. The summed E-state index contributed by atoms with van der Waals surface area (Å²) >= 11 is 6.16. The maximum Gasteiger partial charge on any atom is 0.289 e. The first-order valence-corrected chi connectivity index (χ1v) is 8.85. The van der Waals surface area contributed by atoms with E-state index in [1.54, 1.807) is 11.0 Å². The molecule has 6 nitrogen and oxygen atoms in total. The number of rotatable bonds is 4. The van der Waals surface area contributed by atoms with E-state index in [0.29, 0.717) is 42.5 Å². The summed E-state index contributed by atoms with van der Waals surface area (Å²) in [6.07, 6.45) is 1.55. The molecule has 3 N–H and O–H groups in total. The minimum Gasteiger partial charge on any atom is -0.449 e. The van der Waals surface area contributed by atoms with Crippen molar-refractivity contribution < 1.29 is 14.0 Å². The van der Waals surface area contributed by atoms with Crippen LogP contribution in [0.15, 0.2) is 22.6 Å². The Labute approximate surface area is 163 Å². The third-order valence-corrected chi connectivity index (χ3v) is 4.93. The predicted molar refractivity (Wildman–Crippen MR) is 104 cm³/mol. The van der Waals surface area contributed by atoms with Gasteiger partial charge in [-0.3, -0.25) is 9.59 Å². The summed E-state index contributed by atoms with van der Waals surface area (Å²) in [7, 11) is 0. The van der Waals surface area contributed by atoms with E-state index in [-0.39, 0.29) is 30.1 Å². The van der Waals surface area contributed by atoms with Crippen LogP contribution < -0.4 is 11.1 Å². The minimum absolute atomic E-state index is 0. The quantitative estimate of drug-likeness (QED) is 0.826. The lowest BCUT2D eigenvalue weighted by atomic mass is 9.96. The molecule has 2 aromatic rings. The van der Waals surface area contributed by atoms with Crippen molar-refractivity contribution in [1.82, 2.24) is 10.2 Å². The van der Waals surface area contributed by atoms with E-state index in [1.807, 2.05) is 19.1 Å². The number of piperidine rings is 1. The second-order valence-corrected chi connectivity index (χ2v) is 6.75. The fraction of sp³-hybridized carbons (Fsp3) is 0.444. The van der Waals surface area contributed by atoms with Gasteiger partial charge in [-0.05, 0) is 25.8 Å². The lowest BCUT2D eigenvalue weighted by Crippen LogP contribution is -2.46. The van der Waals surface area contributed by atoms with E-state index < -0.39 is 0 Å². The molecular formula is C18H23Cl2N3O3. The Kier molecular flexibility index (Phi) is 6.92. The molecular weight excluding hydrogens is 377 g/mol. The highest BCUT2D eigenvalue weighted by Gasteiger charge is 2.31. The van der Waals surface area contributed by atoms with Gasteiger partial charge in [0.25, 0.3) is 5.91 Å². The highest BCUT2D eigenvalue weighted by atomic mass is 35.5. The number of nitrogens with zero attached hydrogens (tertiary/aromatic N) is 1. The van der Waals surface area contributed by atoms with Gasteiger partial charge in [0.2, 0.25) is 5.91 Å². The Morgan fingerprint density at radius 3 is 2.88 bits per heavy atom. The lowest BCUT2D eigenvalue weighted by molar-refractivity contribution is -0.126. The Morgan fingerprint density at radius 2 is 2.19 bits per heavy atom. The molecule has 3 rings (SSSR count). The molecule has 2 heterocycles. The van der Waals surface area contributed by atoms with Gasteiger partial charge in [-0.1, -0.05) is 23.7 Å². The van der Waals surface area contributed by atoms with E-state index in [2.05, 4.69) is 5.32 Å². The number of amides is 2. The van der Waals surface area contributed by atoms with E-state index in [4.69, 9.17) is 21.8 Å².